The lowest BCUT2D eigenvalue weighted by Crippen LogP contribution is -2.49. The first-order chi connectivity index (χ1) is 52.9. The number of carbonyl (C=O) groups is 6. The molecule has 8 aliphatic heterocycles. The number of rotatable bonds is 20. The molecule has 1 atom stereocenters. The fourth-order valence-corrected chi connectivity index (χ4v) is 10.7. The number of piperidine rings is 1. The molecule has 10 heterocycles. The van der Waals surface area contributed by atoms with Crippen LogP contribution in [0, 0.1) is 25.7 Å². The number of likely N-dealkylation sites (tertiary alicyclic amines) is 1. The molecule has 2 aromatic rings. The fourth-order valence-electron chi connectivity index (χ4n) is 10.7. The highest BCUT2D eigenvalue weighted by molar-refractivity contribution is 6.12. The van der Waals surface area contributed by atoms with Crippen LogP contribution in [0.1, 0.15) is 160 Å². The van der Waals surface area contributed by atoms with Crippen LogP contribution in [0.25, 0.3) is 0 Å². The number of hydrogen-bond acceptors (Lipinski definition) is 25. The molecule has 1 fully saturated rings. The van der Waals surface area contributed by atoms with Crippen molar-refractivity contribution < 1.29 is 38.4 Å². The van der Waals surface area contributed by atoms with Crippen LogP contribution in [0.15, 0.2) is 137 Å². The molecule has 0 spiro atoms. The zero-order chi connectivity index (χ0) is 82.0. The Kier molecular flexibility index (Phi) is 41.4. The zero-order valence-electron chi connectivity index (χ0n) is 68.3. The summed E-state index contributed by atoms with van der Waals surface area (Å²) in [6.45, 7) is 38.7. The Hall–Kier alpha value is -11.1. The first-order valence-corrected chi connectivity index (χ1v) is 38.2. The van der Waals surface area contributed by atoms with Crippen LogP contribution in [0.5, 0.6) is 0 Å². The number of Topliss-reactive ketones (excluding diaryl/α,β-unsaturated/α-hetero) is 1. The summed E-state index contributed by atoms with van der Waals surface area (Å²) in [4.78, 5) is 135. The van der Waals surface area contributed by atoms with E-state index in [1.165, 1.54) is 30.4 Å². The molecule has 602 valence electrons. The minimum Gasteiger partial charge on any atom is -0.368 e. The van der Waals surface area contributed by atoms with Gasteiger partial charge in [-0.2, -0.15) is 9.59 Å². The normalized spacial score (nSPS) is 16.3. The Bertz CT molecular complexity index is 3900. The summed E-state index contributed by atoms with van der Waals surface area (Å²) in [7, 11) is 3.66. The number of nitrogens with one attached hydrogen (secondary N) is 10. The maximum Gasteiger partial charge on any atom is 0.373 e. The third-order valence-corrected chi connectivity index (χ3v) is 15.8. The van der Waals surface area contributed by atoms with Gasteiger partial charge in [0.1, 0.15) is 52.8 Å². The zero-order valence-corrected chi connectivity index (χ0v) is 68.3. The Morgan fingerprint density at radius 3 is 1.53 bits per heavy atom. The van der Waals surface area contributed by atoms with E-state index in [1.54, 1.807) is 56.7 Å². The molecular weight excluding hydrogens is 1410 g/mol. The first-order valence-electron chi connectivity index (χ1n) is 38.2. The van der Waals surface area contributed by atoms with Crippen molar-refractivity contribution in [3.05, 3.63) is 118 Å². The van der Waals surface area contributed by atoms with Crippen molar-refractivity contribution in [3.8, 4) is 11.8 Å². The quantitative estimate of drug-likeness (QED) is 0.0364. The molecule has 8 aliphatic rings. The summed E-state index contributed by atoms with van der Waals surface area (Å²) in [6, 6.07) is 3.68. The summed E-state index contributed by atoms with van der Waals surface area (Å²) < 4.78 is 0. The van der Waals surface area contributed by atoms with Gasteiger partial charge in [0.05, 0.1) is 57.7 Å². The van der Waals surface area contributed by atoms with Gasteiger partial charge in [-0.05, 0) is 185 Å². The van der Waals surface area contributed by atoms with Crippen LogP contribution in [-0.2, 0) is 33.6 Å². The number of ketones is 1. The minimum absolute atomic E-state index is 0.00313. The van der Waals surface area contributed by atoms with Gasteiger partial charge in [0, 0.05) is 121 Å². The van der Waals surface area contributed by atoms with Crippen molar-refractivity contribution in [2.75, 3.05) is 90.2 Å². The molecular formula is C80H119N23O8. The van der Waals surface area contributed by atoms with Crippen LogP contribution >= 0.6 is 0 Å². The average Bonchev–Trinajstić information content (AvgIpc) is 1.65. The van der Waals surface area contributed by atoms with E-state index in [1.807, 2.05) is 78.6 Å². The second-order valence-electron chi connectivity index (χ2n) is 28.6. The van der Waals surface area contributed by atoms with Crippen molar-refractivity contribution in [2.45, 2.75) is 205 Å². The highest BCUT2D eigenvalue weighted by Gasteiger charge is 2.26. The van der Waals surface area contributed by atoms with Crippen LogP contribution in [-0.4, -0.2) is 233 Å². The number of urea groups is 1. The predicted molar refractivity (Wildman–Crippen MR) is 440 cm³/mol. The average molecular weight is 1530 g/mol. The Balaban J connectivity index is 0.000000279. The van der Waals surface area contributed by atoms with Crippen LogP contribution < -0.4 is 53.2 Å². The number of aromatic nitrogens is 4. The smallest absolute Gasteiger partial charge is 0.368 e. The first kappa shape index (κ1) is 92.3. The van der Waals surface area contributed by atoms with E-state index in [0.29, 0.717) is 110 Å². The van der Waals surface area contributed by atoms with Gasteiger partial charge >= 0.3 is 12.2 Å². The molecule has 0 aromatic carbocycles. The number of amidine groups is 6. The van der Waals surface area contributed by atoms with Gasteiger partial charge in [0.2, 0.25) is 5.91 Å². The molecule has 2 aromatic heterocycles. The number of nitrogens with zero attached hydrogens (tertiary/aromatic N) is 13. The highest BCUT2D eigenvalue weighted by Crippen LogP contribution is 2.16. The SMILES string of the molecule is CC(C)NC1=NCC(C(=O)NC2C=CCC(=O)N2C)=C1.CC(C)NC1=NCC(NC(=O)N2CCCCC2)=C1.CCCCC#CC1=CC(NC(C)C)=NC1.CCCN(C)CC(=O)C1=CC(NC(C)C)=NC1.Cc1cncc(NC(=O)C2=CC(NC(C)C)=NC2)n1.Cc1nccc(NC(=O)C2=CC(NC(C)C)=NC2)n1.O=C=O. The fraction of sp³-hybridized carbons (Fsp3) is 0.537. The Morgan fingerprint density at radius 1 is 0.568 bits per heavy atom. The second kappa shape index (κ2) is 49.8. The highest BCUT2D eigenvalue weighted by atomic mass is 16.2. The number of anilines is 2. The number of likely N-dealkylation sites (N-methyl/N-ethyl adjacent to an activating group) is 2. The molecule has 6 amide bonds. The van der Waals surface area contributed by atoms with E-state index in [9.17, 15) is 28.8 Å². The largest absolute Gasteiger partial charge is 0.373 e. The van der Waals surface area contributed by atoms with Gasteiger partial charge in [-0.25, -0.2) is 19.7 Å². The molecule has 31 heteroatoms. The number of amides is 6. The molecule has 0 bridgehead atoms. The number of aryl methyl sites for hydroxylation is 2. The molecule has 10 rings (SSSR count). The van der Waals surface area contributed by atoms with Gasteiger partial charge in [-0.1, -0.05) is 38.2 Å². The lowest BCUT2D eigenvalue weighted by Gasteiger charge is -2.29. The summed E-state index contributed by atoms with van der Waals surface area (Å²) in [5, 5.41) is 30.4. The number of aliphatic imine (C=N–C) groups is 6. The maximum absolute atomic E-state index is 12.1. The Labute approximate surface area is 655 Å². The van der Waals surface area contributed by atoms with Crippen molar-refractivity contribution in [3.63, 3.8) is 0 Å². The molecule has 111 heavy (non-hydrogen) atoms. The molecule has 1 unspecified atom stereocenters. The van der Waals surface area contributed by atoms with Gasteiger partial charge in [-0.3, -0.25) is 63.8 Å². The van der Waals surface area contributed by atoms with Gasteiger partial charge < -0.3 is 63.0 Å². The van der Waals surface area contributed by atoms with Crippen molar-refractivity contribution in [1.82, 2.24) is 77.2 Å². The third-order valence-electron chi connectivity index (χ3n) is 15.8. The summed E-state index contributed by atoms with van der Waals surface area (Å²) in [5.41, 5.74) is 5.44. The number of carbonyl (C=O) groups excluding carboxylic acids is 8. The van der Waals surface area contributed by atoms with E-state index in [2.05, 4.69) is 181 Å². The van der Waals surface area contributed by atoms with E-state index >= 15 is 0 Å². The van der Waals surface area contributed by atoms with Crippen molar-refractivity contribution in [1.29, 1.82) is 0 Å². The van der Waals surface area contributed by atoms with Crippen LogP contribution in [0.2, 0.25) is 0 Å². The van der Waals surface area contributed by atoms with Crippen LogP contribution in [0.3, 0.4) is 0 Å². The number of unbranched alkanes of at least 4 members (excludes halogenated alkanes) is 2. The third kappa shape index (κ3) is 37.2. The van der Waals surface area contributed by atoms with E-state index in [0.717, 1.165) is 109 Å². The Morgan fingerprint density at radius 2 is 1.04 bits per heavy atom. The van der Waals surface area contributed by atoms with E-state index in [4.69, 9.17) is 9.59 Å². The lowest BCUT2D eigenvalue weighted by atomic mass is 10.1. The summed E-state index contributed by atoms with van der Waals surface area (Å²) >= 11 is 0. The molecule has 0 radical (unpaired) electrons. The van der Waals surface area contributed by atoms with E-state index < -0.39 is 0 Å². The predicted octanol–water partition coefficient (Wildman–Crippen LogP) is 6.95. The molecule has 0 aliphatic carbocycles. The molecule has 1 saturated heterocycles. The monoisotopic (exact) mass is 1530 g/mol. The van der Waals surface area contributed by atoms with Gasteiger partial charge in [0.25, 0.3) is 17.7 Å². The van der Waals surface area contributed by atoms with Gasteiger partial charge in [0.15, 0.2) is 11.6 Å². The minimum atomic E-state index is -0.383. The maximum atomic E-state index is 12.1. The summed E-state index contributed by atoms with van der Waals surface area (Å²) in [5.74, 6) is 12.5. The van der Waals surface area contributed by atoms with Gasteiger partial charge in [-0.15, -0.1) is 0 Å². The second-order valence-corrected chi connectivity index (χ2v) is 28.6. The van der Waals surface area contributed by atoms with Crippen LogP contribution in [0.4, 0.5) is 16.4 Å². The molecule has 31 nitrogen and oxygen atoms in total. The molecule has 10 N–H and O–H groups in total. The van der Waals surface area contributed by atoms with Crippen molar-refractivity contribution in [2.24, 2.45) is 30.0 Å². The summed E-state index contributed by atoms with van der Waals surface area (Å²) in [6.07, 6.45) is 27.7. The lowest BCUT2D eigenvalue weighted by molar-refractivity contribution is -0.191. The van der Waals surface area contributed by atoms with Crippen molar-refractivity contribution >= 4 is 88.2 Å². The topological polar surface area (TPSA) is 392 Å². The van der Waals surface area contributed by atoms with E-state index in [-0.39, 0.29) is 53.8 Å². The molecule has 0 saturated carbocycles. The number of hydrogen-bond donors (Lipinski definition) is 10. The standard InChI is InChI=1S/C14H20N4O2.2C13H17N5O.C13H22N4O.C13H23N3O.C13H20N2.CO2/c1-9(2)16-11-7-10(8-15-11)14(20)17-12-5-4-6-13(19)18(12)3;1-8(2)16-11-4-10(6-15-11)13(19)18-12-7-14-5-9(3)17-12;1-8(2)16-12-6-10(7-15-12)13(19)18-11-4-5-14-9(3)17-11;1-10(2)15-12-8-11(9-14-12)16-13(18)17-6-4-3-5-7-17;1-5-6-16(4)9-12(17)11-7-13(14-8-11)15-10(2)3;1-4-5-6-7-8-12-9-13(14-10-12)15-11(2)3;2-1-3/h4-5,7,9,12H,6,8H2,1-3H3,(H,15,16)(H,17,20);4-5,7-8H,6H2,1-3H3,(H,15,16)(H,17,18,19);4-6,8H,7H2,1-3H3,(H,15,16)(H,14,17,18,19);8,10H,3-7,9H2,1-2H3,(H,14,15)(H,16,18);7,10H,5-6,8-9H2,1-4H3,(H,14,15);9,11H,4-6,10H2,1-3H3,(H,14,15);.